The van der Waals surface area contributed by atoms with Gasteiger partial charge in [0, 0.05) is 5.69 Å². The summed E-state index contributed by atoms with van der Waals surface area (Å²) in [5.74, 6) is -0.378. The van der Waals surface area contributed by atoms with E-state index in [0.717, 1.165) is 0 Å². The van der Waals surface area contributed by atoms with Crippen molar-refractivity contribution in [3.63, 3.8) is 0 Å². The summed E-state index contributed by atoms with van der Waals surface area (Å²) < 4.78 is 12.6. The first-order valence-corrected chi connectivity index (χ1v) is 4.96. The zero-order valence-corrected chi connectivity index (χ0v) is 8.96. The Balaban J connectivity index is 2.41. The molecule has 82 valence electrons. The maximum atomic E-state index is 12.6. The minimum atomic E-state index is -0.304. The first-order chi connectivity index (χ1) is 7.08. The van der Waals surface area contributed by atoms with Crippen molar-refractivity contribution in [2.24, 2.45) is 0 Å². The lowest BCUT2D eigenvalue weighted by molar-refractivity contribution is -0.672. The molecule has 3 nitrogen and oxygen atoms in total. The lowest BCUT2D eigenvalue weighted by atomic mass is 10.3. The molecule has 0 aliphatic heterocycles. The van der Waals surface area contributed by atoms with Crippen LogP contribution in [0.1, 0.15) is 13.8 Å². The summed E-state index contributed by atoms with van der Waals surface area (Å²) >= 11 is 0. The Labute approximate surface area is 88.7 Å². The molecule has 1 aromatic carbocycles. The fourth-order valence-electron chi connectivity index (χ4n) is 1.09. The zero-order chi connectivity index (χ0) is 11.3. The molecule has 0 atom stereocenters. The average Bonchev–Trinajstić information content (AvgIpc) is 2.19. The van der Waals surface area contributed by atoms with E-state index in [9.17, 15) is 9.18 Å². The van der Waals surface area contributed by atoms with Gasteiger partial charge in [0.25, 0.3) is 5.91 Å². The Morgan fingerprint density at radius 3 is 2.53 bits per heavy atom. The molecule has 0 heterocycles. The first kappa shape index (κ1) is 11.7. The van der Waals surface area contributed by atoms with Gasteiger partial charge >= 0.3 is 0 Å². The summed E-state index contributed by atoms with van der Waals surface area (Å²) in [4.78, 5) is 11.4. The number of amides is 1. The molecule has 1 aromatic rings. The molecule has 3 N–H and O–H groups in total. The molecule has 15 heavy (non-hydrogen) atoms. The van der Waals surface area contributed by atoms with Gasteiger partial charge in [-0.05, 0) is 38.1 Å². The lowest BCUT2D eigenvalue weighted by Gasteiger charge is -2.06. The average molecular weight is 211 g/mol. The van der Waals surface area contributed by atoms with E-state index in [1.165, 1.54) is 12.1 Å². The van der Waals surface area contributed by atoms with Crippen LogP contribution in [0.5, 0.6) is 0 Å². The molecule has 0 aliphatic rings. The summed E-state index contributed by atoms with van der Waals surface area (Å²) in [5.41, 5.74) is 0.624. The van der Waals surface area contributed by atoms with Crippen LogP contribution in [0.15, 0.2) is 24.3 Å². The molecule has 0 fully saturated rings. The monoisotopic (exact) mass is 211 g/mol. The van der Waals surface area contributed by atoms with Crippen LogP contribution in [0.4, 0.5) is 10.1 Å². The molecular weight excluding hydrogens is 195 g/mol. The van der Waals surface area contributed by atoms with Gasteiger partial charge in [0.2, 0.25) is 0 Å². The summed E-state index contributed by atoms with van der Waals surface area (Å²) in [7, 11) is 0. The zero-order valence-electron chi connectivity index (χ0n) is 8.96. The molecule has 0 saturated heterocycles. The number of anilines is 1. The van der Waals surface area contributed by atoms with Gasteiger partial charge in [-0.3, -0.25) is 4.79 Å². The normalized spacial score (nSPS) is 10.4. The summed E-state index contributed by atoms with van der Waals surface area (Å²) in [6, 6.07) is 6.12. The lowest BCUT2D eigenvalue weighted by Crippen LogP contribution is -2.90. The van der Waals surface area contributed by atoms with E-state index in [0.29, 0.717) is 18.3 Å². The fourth-order valence-corrected chi connectivity index (χ4v) is 1.09. The highest BCUT2D eigenvalue weighted by Gasteiger charge is 2.05. The molecule has 0 aliphatic carbocycles. The molecule has 0 bridgehead atoms. The third kappa shape index (κ3) is 4.56. The van der Waals surface area contributed by atoms with E-state index in [2.05, 4.69) is 5.32 Å². The van der Waals surface area contributed by atoms with Gasteiger partial charge in [0.15, 0.2) is 6.54 Å². The highest BCUT2D eigenvalue weighted by molar-refractivity contribution is 5.91. The molecule has 0 unspecified atom stereocenters. The summed E-state index contributed by atoms with van der Waals surface area (Å²) in [5, 5.41) is 4.62. The van der Waals surface area contributed by atoms with E-state index >= 15 is 0 Å². The molecule has 0 radical (unpaired) electrons. The van der Waals surface area contributed by atoms with Crippen molar-refractivity contribution in [2.45, 2.75) is 19.9 Å². The van der Waals surface area contributed by atoms with E-state index < -0.39 is 0 Å². The SMILES string of the molecule is CC(C)[NH2+]CC(=O)Nc1ccc(F)cc1. The van der Waals surface area contributed by atoms with E-state index in [1.807, 2.05) is 19.2 Å². The van der Waals surface area contributed by atoms with E-state index in [-0.39, 0.29) is 11.7 Å². The number of quaternary nitrogens is 1. The van der Waals surface area contributed by atoms with Gasteiger partial charge in [-0.15, -0.1) is 0 Å². The van der Waals surface area contributed by atoms with Crippen molar-refractivity contribution in [1.29, 1.82) is 0 Å². The van der Waals surface area contributed by atoms with Crippen molar-refractivity contribution in [1.82, 2.24) is 0 Å². The van der Waals surface area contributed by atoms with Crippen LogP contribution in [0.2, 0.25) is 0 Å². The molecule has 0 spiro atoms. The second-order valence-electron chi connectivity index (χ2n) is 3.74. The van der Waals surface area contributed by atoms with Crippen LogP contribution in [0.25, 0.3) is 0 Å². The summed E-state index contributed by atoms with van der Waals surface area (Å²) in [6.45, 7) is 4.42. The van der Waals surface area contributed by atoms with E-state index in [1.54, 1.807) is 12.1 Å². The number of nitrogens with two attached hydrogens (primary N) is 1. The van der Waals surface area contributed by atoms with Gasteiger partial charge in [0.05, 0.1) is 6.04 Å². The Bertz CT molecular complexity index is 322. The Morgan fingerprint density at radius 1 is 1.40 bits per heavy atom. The maximum absolute atomic E-state index is 12.6. The first-order valence-electron chi connectivity index (χ1n) is 4.96. The number of benzene rings is 1. The number of carbonyl (C=O) groups is 1. The number of rotatable bonds is 4. The molecule has 0 saturated carbocycles. The van der Waals surface area contributed by atoms with Crippen LogP contribution in [-0.4, -0.2) is 18.5 Å². The number of halogens is 1. The van der Waals surface area contributed by atoms with Crippen LogP contribution in [0.3, 0.4) is 0 Å². The van der Waals surface area contributed by atoms with Gasteiger partial charge < -0.3 is 10.6 Å². The van der Waals surface area contributed by atoms with Crippen molar-refractivity contribution >= 4 is 11.6 Å². The highest BCUT2D eigenvalue weighted by atomic mass is 19.1. The van der Waals surface area contributed by atoms with Crippen LogP contribution < -0.4 is 10.6 Å². The van der Waals surface area contributed by atoms with Gasteiger partial charge in [-0.2, -0.15) is 0 Å². The molecular formula is C11H16FN2O+. The van der Waals surface area contributed by atoms with Crippen LogP contribution in [-0.2, 0) is 4.79 Å². The second-order valence-corrected chi connectivity index (χ2v) is 3.74. The molecule has 1 amide bonds. The molecule has 0 aromatic heterocycles. The van der Waals surface area contributed by atoms with Crippen molar-refractivity contribution in [3.8, 4) is 0 Å². The quantitative estimate of drug-likeness (QED) is 0.758. The van der Waals surface area contributed by atoms with Gasteiger partial charge in [-0.25, -0.2) is 4.39 Å². The van der Waals surface area contributed by atoms with Gasteiger partial charge in [-0.1, -0.05) is 0 Å². The highest BCUT2D eigenvalue weighted by Crippen LogP contribution is 2.07. The molecule has 4 heteroatoms. The molecule has 1 rings (SSSR count). The van der Waals surface area contributed by atoms with Crippen LogP contribution >= 0.6 is 0 Å². The second kappa shape index (κ2) is 5.46. The Kier molecular flexibility index (Phi) is 4.24. The fraction of sp³-hybridized carbons (Fsp3) is 0.364. The number of carbonyl (C=O) groups excluding carboxylic acids is 1. The maximum Gasteiger partial charge on any atom is 0.279 e. The Morgan fingerprint density at radius 2 is 2.00 bits per heavy atom. The summed E-state index contributed by atoms with van der Waals surface area (Å²) in [6.07, 6.45) is 0. The topological polar surface area (TPSA) is 45.7 Å². The van der Waals surface area contributed by atoms with E-state index in [4.69, 9.17) is 0 Å². The Hall–Kier alpha value is -1.42. The third-order valence-corrected chi connectivity index (χ3v) is 1.90. The van der Waals surface area contributed by atoms with Crippen molar-refractivity contribution in [2.75, 3.05) is 11.9 Å². The largest absolute Gasteiger partial charge is 0.336 e. The number of nitrogens with one attached hydrogen (secondary N) is 1. The number of hydrogen-bond acceptors (Lipinski definition) is 1. The third-order valence-electron chi connectivity index (χ3n) is 1.90. The van der Waals surface area contributed by atoms with Gasteiger partial charge in [0.1, 0.15) is 5.82 Å². The minimum absolute atomic E-state index is 0.0738. The predicted molar refractivity (Wildman–Crippen MR) is 57.0 cm³/mol. The van der Waals surface area contributed by atoms with Crippen molar-refractivity contribution < 1.29 is 14.5 Å². The minimum Gasteiger partial charge on any atom is -0.336 e. The van der Waals surface area contributed by atoms with Crippen LogP contribution in [0, 0.1) is 5.82 Å². The standard InChI is InChI=1S/C11H15FN2O/c1-8(2)13-7-11(15)14-10-5-3-9(12)4-6-10/h3-6,8,13H,7H2,1-2H3,(H,14,15)/p+1. The number of hydrogen-bond donors (Lipinski definition) is 2. The predicted octanol–water partition coefficient (Wildman–Crippen LogP) is 0.736. The van der Waals surface area contributed by atoms with Crippen molar-refractivity contribution in [3.05, 3.63) is 30.1 Å². The smallest absolute Gasteiger partial charge is 0.279 e.